The third-order valence-corrected chi connectivity index (χ3v) is 5.83. The predicted octanol–water partition coefficient (Wildman–Crippen LogP) is -1.30. The Balaban J connectivity index is 1.96. The number of aliphatic hydroxyl groups is 2. The molecule has 4 N–H and O–H groups in total. The van der Waals surface area contributed by atoms with E-state index in [2.05, 4.69) is 20.6 Å². The van der Waals surface area contributed by atoms with Crippen LogP contribution in [-0.2, 0) is 18.9 Å². The van der Waals surface area contributed by atoms with Crippen molar-refractivity contribution in [1.29, 1.82) is 0 Å². The zero-order valence-corrected chi connectivity index (χ0v) is 21.0. The van der Waals surface area contributed by atoms with E-state index in [-0.39, 0.29) is 19.3 Å². The van der Waals surface area contributed by atoms with Gasteiger partial charge in [-0.15, -0.1) is 6.42 Å². The highest BCUT2D eigenvalue weighted by Crippen LogP contribution is 2.06. The molecule has 10 nitrogen and oxygen atoms in total. The lowest BCUT2D eigenvalue weighted by molar-refractivity contribution is -0.00265. The number of nitrogens with two attached hydrogens (primary N) is 1. The normalized spacial score (nSPS) is 15.4. The van der Waals surface area contributed by atoms with Crippen LogP contribution in [0.25, 0.3) is 0 Å². The predicted molar refractivity (Wildman–Crippen MR) is 133 cm³/mol. The van der Waals surface area contributed by atoms with Gasteiger partial charge < -0.3 is 39.8 Å². The monoisotopic (exact) mass is 488 g/mol. The van der Waals surface area contributed by atoms with Crippen molar-refractivity contribution in [2.45, 2.75) is 18.9 Å². The van der Waals surface area contributed by atoms with Crippen LogP contribution in [0.15, 0.2) is 0 Å². The number of nitrogens with zero attached hydrogens (tertiary/aromatic N) is 3. The summed E-state index contributed by atoms with van der Waals surface area (Å²) < 4.78 is 21.7. The van der Waals surface area contributed by atoms with Crippen molar-refractivity contribution in [3.8, 4) is 12.3 Å². The second-order valence-corrected chi connectivity index (χ2v) is 8.33. The van der Waals surface area contributed by atoms with Gasteiger partial charge in [0.05, 0.1) is 65.5 Å². The van der Waals surface area contributed by atoms with Crippen LogP contribution < -0.4 is 5.73 Å². The van der Waals surface area contributed by atoms with Gasteiger partial charge in [0.25, 0.3) is 0 Å². The Morgan fingerprint density at radius 2 is 1.26 bits per heavy atom. The zero-order valence-electron chi connectivity index (χ0n) is 21.0. The quantitative estimate of drug-likeness (QED) is 0.118. The van der Waals surface area contributed by atoms with Gasteiger partial charge in [-0.2, -0.15) is 0 Å². The molecule has 1 rings (SSSR count). The van der Waals surface area contributed by atoms with Gasteiger partial charge in [0.2, 0.25) is 0 Å². The number of hydrogen-bond donors (Lipinski definition) is 3. The molecule has 0 unspecified atom stereocenters. The number of ether oxygens (including phenoxy) is 4. The first-order valence-corrected chi connectivity index (χ1v) is 12.6. The lowest BCUT2D eigenvalue weighted by Crippen LogP contribution is -2.48. The summed E-state index contributed by atoms with van der Waals surface area (Å²) in [6.07, 6.45) is 6.99. The Morgan fingerprint density at radius 3 is 1.79 bits per heavy atom. The molecule has 1 heterocycles. The van der Waals surface area contributed by atoms with Gasteiger partial charge in [0.15, 0.2) is 0 Å². The smallest absolute Gasteiger partial charge is 0.107 e. The van der Waals surface area contributed by atoms with E-state index in [4.69, 9.17) is 31.1 Å². The SMILES string of the molecule is C#CCOCCOCCOCCOCCN1CCN(CCCN(CCCN)C(CO)CO)CC1. The summed E-state index contributed by atoms with van der Waals surface area (Å²) in [7, 11) is 0. The average Bonchev–Trinajstić information content (AvgIpc) is 2.86. The fraction of sp³-hybridized carbons (Fsp3) is 0.917. The number of piperazine rings is 1. The fourth-order valence-electron chi connectivity index (χ4n) is 3.78. The van der Waals surface area contributed by atoms with Crippen LogP contribution in [0.5, 0.6) is 0 Å². The molecule has 1 aliphatic heterocycles. The van der Waals surface area contributed by atoms with Crippen LogP contribution >= 0.6 is 0 Å². The average molecular weight is 489 g/mol. The van der Waals surface area contributed by atoms with Gasteiger partial charge in [-0.05, 0) is 39.0 Å². The molecule has 1 aliphatic rings. The van der Waals surface area contributed by atoms with E-state index in [1.807, 2.05) is 0 Å². The van der Waals surface area contributed by atoms with E-state index in [1.165, 1.54) is 0 Å². The Morgan fingerprint density at radius 1 is 0.765 bits per heavy atom. The van der Waals surface area contributed by atoms with E-state index >= 15 is 0 Å². The maximum Gasteiger partial charge on any atom is 0.107 e. The molecule has 0 bridgehead atoms. The standard InChI is InChI=1S/C24H48N4O6/c1-2-14-31-16-18-33-20-21-34-19-17-32-15-13-27-11-9-26(10-12-27)6-4-8-28(7-3-5-25)24(22-29)23-30/h1,24,29-30H,3-23,25H2. The van der Waals surface area contributed by atoms with Crippen molar-refractivity contribution >= 4 is 0 Å². The van der Waals surface area contributed by atoms with Gasteiger partial charge in [-0.3, -0.25) is 9.80 Å². The fourth-order valence-corrected chi connectivity index (χ4v) is 3.78. The molecule has 200 valence electrons. The summed E-state index contributed by atoms with van der Waals surface area (Å²) in [5.74, 6) is 2.41. The van der Waals surface area contributed by atoms with Crippen LogP contribution in [0.1, 0.15) is 12.8 Å². The van der Waals surface area contributed by atoms with Gasteiger partial charge in [0, 0.05) is 32.7 Å². The zero-order chi connectivity index (χ0) is 24.7. The highest BCUT2D eigenvalue weighted by Gasteiger charge is 2.19. The minimum absolute atomic E-state index is 0.0214. The highest BCUT2D eigenvalue weighted by molar-refractivity contribution is 4.82. The van der Waals surface area contributed by atoms with Crippen molar-refractivity contribution in [1.82, 2.24) is 14.7 Å². The molecular formula is C24H48N4O6. The van der Waals surface area contributed by atoms with E-state index in [9.17, 15) is 10.2 Å². The van der Waals surface area contributed by atoms with E-state index in [1.54, 1.807) is 0 Å². The molecule has 0 atom stereocenters. The number of hydrogen-bond acceptors (Lipinski definition) is 10. The van der Waals surface area contributed by atoms with Gasteiger partial charge in [-0.1, -0.05) is 5.92 Å². The largest absolute Gasteiger partial charge is 0.395 e. The molecule has 0 spiro atoms. The maximum absolute atomic E-state index is 9.49. The second kappa shape index (κ2) is 22.6. The van der Waals surface area contributed by atoms with Crippen LogP contribution in [0.4, 0.5) is 0 Å². The minimum atomic E-state index is -0.188. The van der Waals surface area contributed by atoms with E-state index in [0.717, 1.165) is 65.2 Å². The molecule has 0 aromatic carbocycles. The molecule has 1 saturated heterocycles. The van der Waals surface area contributed by atoms with Crippen LogP contribution in [0.2, 0.25) is 0 Å². The summed E-state index contributed by atoms with van der Waals surface area (Å²) in [5.41, 5.74) is 5.62. The van der Waals surface area contributed by atoms with Crippen LogP contribution in [0, 0.1) is 12.3 Å². The minimum Gasteiger partial charge on any atom is -0.395 e. The number of aliphatic hydroxyl groups excluding tert-OH is 2. The lowest BCUT2D eigenvalue weighted by Gasteiger charge is -2.35. The van der Waals surface area contributed by atoms with Crippen molar-refractivity contribution in [2.24, 2.45) is 5.73 Å². The summed E-state index contributed by atoms with van der Waals surface area (Å²) in [4.78, 5) is 7.09. The summed E-state index contributed by atoms with van der Waals surface area (Å²) >= 11 is 0. The Bertz CT molecular complexity index is 485. The van der Waals surface area contributed by atoms with Crippen LogP contribution in [-0.4, -0.2) is 156 Å². The second-order valence-electron chi connectivity index (χ2n) is 8.33. The summed E-state index contributed by atoms with van der Waals surface area (Å²) in [5, 5.41) is 19.0. The molecule has 0 saturated carbocycles. The molecule has 0 aromatic rings. The molecule has 1 fully saturated rings. The first-order chi connectivity index (χ1) is 16.7. The van der Waals surface area contributed by atoms with E-state index in [0.29, 0.717) is 59.4 Å². The van der Waals surface area contributed by atoms with Crippen molar-refractivity contribution < 1.29 is 29.2 Å². The molecule has 0 aliphatic carbocycles. The molecule has 34 heavy (non-hydrogen) atoms. The highest BCUT2D eigenvalue weighted by atomic mass is 16.6. The van der Waals surface area contributed by atoms with Gasteiger partial charge in [0.1, 0.15) is 6.61 Å². The molecule has 10 heteroatoms. The van der Waals surface area contributed by atoms with Crippen molar-refractivity contribution in [3.63, 3.8) is 0 Å². The first kappa shape index (κ1) is 31.2. The topological polar surface area (TPSA) is 113 Å². The van der Waals surface area contributed by atoms with Gasteiger partial charge in [-0.25, -0.2) is 0 Å². The summed E-state index contributed by atoms with van der Waals surface area (Å²) in [6.45, 7) is 12.8. The Kier molecular flexibility index (Phi) is 20.7. The Labute approximate surface area is 206 Å². The number of terminal acetylenes is 1. The molecule has 0 aromatic heterocycles. The van der Waals surface area contributed by atoms with Crippen molar-refractivity contribution in [3.05, 3.63) is 0 Å². The Hall–Kier alpha value is -0.840. The molecule has 0 radical (unpaired) electrons. The lowest BCUT2D eigenvalue weighted by atomic mass is 10.2. The van der Waals surface area contributed by atoms with Crippen molar-refractivity contribution in [2.75, 3.05) is 125 Å². The van der Waals surface area contributed by atoms with E-state index < -0.39 is 0 Å². The van der Waals surface area contributed by atoms with Crippen LogP contribution in [0.3, 0.4) is 0 Å². The number of rotatable bonds is 23. The van der Waals surface area contributed by atoms with Gasteiger partial charge >= 0.3 is 0 Å². The molecular weight excluding hydrogens is 440 g/mol. The maximum atomic E-state index is 9.49. The molecule has 0 amide bonds. The summed E-state index contributed by atoms with van der Waals surface area (Å²) in [6, 6.07) is -0.188. The first-order valence-electron chi connectivity index (χ1n) is 12.6. The third kappa shape index (κ3) is 15.9. The third-order valence-electron chi connectivity index (χ3n) is 5.83.